The van der Waals surface area contributed by atoms with Crippen molar-refractivity contribution in [2.45, 2.75) is 38.0 Å². The van der Waals surface area contributed by atoms with Crippen molar-refractivity contribution in [3.63, 3.8) is 0 Å². The average molecular weight is 408 g/mol. The molecule has 0 saturated heterocycles. The van der Waals surface area contributed by atoms with Crippen LogP contribution in [-0.4, -0.2) is 39.4 Å². The van der Waals surface area contributed by atoms with Crippen LogP contribution in [0.3, 0.4) is 0 Å². The molecule has 1 atom stereocenters. The molecule has 0 aliphatic carbocycles. The molecule has 4 heterocycles. The third-order valence-corrected chi connectivity index (χ3v) is 5.11. The number of carboxylic acids is 1. The standard InChI is InChI=1S/C22H24N4O4/c27-22(28)12-16(15-3-1-8-23-14-15)11-18-13-21(26-30-18)29-10-7-17-5-6-19-20(25-17)4-2-9-24-19/h1,3,5-6,8,13-14,16,24H,2,4,7,9-12H2,(H,27,28). The summed E-state index contributed by atoms with van der Waals surface area (Å²) in [6.45, 7) is 1.44. The summed E-state index contributed by atoms with van der Waals surface area (Å²) >= 11 is 0. The first-order valence-corrected chi connectivity index (χ1v) is 10.1. The van der Waals surface area contributed by atoms with E-state index in [-0.39, 0.29) is 12.3 Å². The zero-order chi connectivity index (χ0) is 20.8. The number of hydrogen-bond acceptors (Lipinski definition) is 7. The molecule has 0 spiro atoms. The minimum absolute atomic E-state index is 0.0125. The molecular formula is C22H24N4O4. The molecule has 1 aliphatic heterocycles. The Bertz CT molecular complexity index is 990. The van der Waals surface area contributed by atoms with E-state index in [1.165, 1.54) is 0 Å². The van der Waals surface area contributed by atoms with Gasteiger partial charge >= 0.3 is 5.97 Å². The van der Waals surface area contributed by atoms with Gasteiger partial charge in [-0.25, -0.2) is 0 Å². The molecule has 0 saturated carbocycles. The maximum absolute atomic E-state index is 11.2. The summed E-state index contributed by atoms with van der Waals surface area (Å²) < 4.78 is 11.1. The Labute approximate surface area is 174 Å². The van der Waals surface area contributed by atoms with Gasteiger partial charge in [0.05, 0.1) is 24.4 Å². The van der Waals surface area contributed by atoms with Crippen molar-refractivity contribution in [1.29, 1.82) is 0 Å². The average Bonchev–Trinajstić information content (AvgIpc) is 3.21. The molecule has 0 amide bonds. The first-order valence-electron chi connectivity index (χ1n) is 10.1. The van der Waals surface area contributed by atoms with E-state index in [1.807, 2.05) is 12.1 Å². The predicted octanol–water partition coefficient (Wildman–Crippen LogP) is 3.25. The number of anilines is 1. The van der Waals surface area contributed by atoms with Gasteiger partial charge in [-0.3, -0.25) is 14.8 Å². The molecule has 1 unspecified atom stereocenters. The smallest absolute Gasteiger partial charge is 0.303 e. The van der Waals surface area contributed by atoms with Gasteiger partial charge in [-0.15, -0.1) is 0 Å². The number of aromatic nitrogens is 3. The molecule has 2 N–H and O–H groups in total. The van der Waals surface area contributed by atoms with Crippen LogP contribution in [0, 0.1) is 0 Å². The van der Waals surface area contributed by atoms with Crippen LogP contribution in [0.25, 0.3) is 0 Å². The molecule has 0 aromatic carbocycles. The van der Waals surface area contributed by atoms with Gasteiger partial charge in [0, 0.05) is 49.5 Å². The second kappa shape index (κ2) is 9.39. The summed E-state index contributed by atoms with van der Waals surface area (Å²) in [4.78, 5) is 20.0. The van der Waals surface area contributed by atoms with E-state index in [0.29, 0.717) is 31.1 Å². The lowest BCUT2D eigenvalue weighted by Crippen LogP contribution is -2.14. The monoisotopic (exact) mass is 408 g/mol. The molecule has 3 aromatic rings. The fraction of sp³-hybridized carbons (Fsp3) is 0.364. The highest BCUT2D eigenvalue weighted by Gasteiger charge is 2.19. The minimum atomic E-state index is -0.868. The van der Waals surface area contributed by atoms with Crippen LogP contribution in [0.2, 0.25) is 0 Å². The van der Waals surface area contributed by atoms with Crippen molar-refractivity contribution in [3.8, 4) is 5.88 Å². The van der Waals surface area contributed by atoms with Crippen LogP contribution in [0.5, 0.6) is 5.88 Å². The fourth-order valence-electron chi connectivity index (χ4n) is 3.61. The van der Waals surface area contributed by atoms with E-state index in [9.17, 15) is 9.90 Å². The summed E-state index contributed by atoms with van der Waals surface area (Å²) in [7, 11) is 0. The summed E-state index contributed by atoms with van der Waals surface area (Å²) in [5.74, 6) is -0.138. The molecule has 0 radical (unpaired) electrons. The van der Waals surface area contributed by atoms with Crippen molar-refractivity contribution in [3.05, 3.63) is 65.4 Å². The van der Waals surface area contributed by atoms with Crippen LogP contribution in [0.1, 0.15) is 41.5 Å². The lowest BCUT2D eigenvalue weighted by molar-refractivity contribution is -0.137. The number of nitrogens with one attached hydrogen (secondary N) is 1. The molecule has 8 heteroatoms. The lowest BCUT2D eigenvalue weighted by atomic mass is 9.93. The number of carbonyl (C=O) groups is 1. The van der Waals surface area contributed by atoms with Gasteiger partial charge in [-0.1, -0.05) is 6.07 Å². The Kier molecular flexibility index (Phi) is 6.22. The second-order valence-corrected chi connectivity index (χ2v) is 7.34. The van der Waals surface area contributed by atoms with Gasteiger partial charge in [-0.05, 0) is 41.8 Å². The number of pyridine rings is 2. The molecule has 8 nitrogen and oxygen atoms in total. The Morgan fingerprint density at radius 2 is 2.27 bits per heavy atom. The lowest BCUT2D eigenvalue weighted by Gasteiger charge is -2.17. The maximum atomic E-state index is 11.2. The Balaban J connectivity index is 1.33. The topological polar surface area (TPSA) is 110 Å². The van der Waals surface area contributed by atoms with Gasteiger partial charge in [0.1, 0.15) is 5.76 Å². The van der Waals surface area contributed by atoms with Crippen molar-refractivity contribution in [2.24, 2.45) is 0 Å². The number of ether oxygens (including phenoxy) is 1. The highest BCUT2D eigenvalue weighted by atomic mass is 16.5. The van der Waals surface area contributed by atoms with E-state index in [1.54, 1.807) is 24.5 Å². The minimum Gasteiger partial charge on any atom is -0.481 e. The van der Waals surface area contributed by atoms with Crippen LogP contribution < -0.4 is 10.1 Å². The first kappa shape index (κ1) is 19.9. The highest BCUT2D eigenvalue weighted by molar-refractivity contribution is 5.68. The number of aliphatic carboxylic acids is 1. The molecule has 0 fully saturated rings. The van der Waals surface area contributed by atoms with Crippen LogP contribution in [-0.2, 0) is 24.1 Å². The van der Waals surface area contributed by atoms with E-state index in [0.717, 1.165) is 42.0 Å². The van der Waals surface area contributed by atoms with Crippen molar-refractivity contribution in [1.82, 2.24) is 15.1 Å². The quantitative estimate of drug-likeness (QED) is 0.555. The van der Waals surface area contributed by atoms with E-state index >= 15 is 0 Å². The normalized spacial score (nSPS) is 13.9. The Hall–Kier alpha value is -3.42. The van der Waals surface area contributed by atoms with Gasteiger partial charge in [0.2, 0.25) is 0 Å². The number of carboxylic acid groups (broad SMARTS) is 1. The molecule has 3 aromatic heterocycles. The molecule has 1 aliphatic rings. The van der Waals surface area contributed by atoms with E-state index in [4.69, 9.17) is 14.2 Å². The Morgan fingerprint density at radius 3 is 3.10 bits per heavy atom. The number of hydrogen-bond donors (Lipinski definition) is 2. The third-order valence-electron chi connectivity index (χ3n) is 5.11. The zero-order valence-electron chi connectivity index (χ0n) is 16.6. The SMILES string of the molecule is O=C(O)CC(Cc1cc(OCCc2ccc3c(n2)CCCN3)no1)c1cccnc1. The Morgan fingerprint density at radius 1 is 1.33 bits per heavy atom. The fourth-order valence-corrected chi connectivity index (χ4v) is 3.61. The molecule has 0 bridgehead atoms. The van der Waals surface area contributed by atoms with Gasteiger partial charge in [0.15, 0.2) is 0 Å². The summed E-state index contributed by atoms with van der Waals surface area (Å²) in [5, 5.41) is 16.5. The molecule has 156 valence electrons. The van der Waals surface area contributed by atoms with Crippen molar-refractivity contribution < 1.29 is 19.2 Å². The molecular weight excluding hydrogens is 384 g/mol. The predicted molar refractivity (Wildman–Crippen MR) is 110 cm³/mol. The number of rotatable bonds is 9. The third kappa shape index (κ3) is 5.14. The number of aryl methyl sites for hydroxylation is 1. The summed E-state index contributed by atoms with van der Waals surface area (Å²) in [6.07, 6.45) is 6.52. The van der Waals surface area contributed by atoms with Gasteiger partial charge in [-0.2, -0.15) is 0 Å². The highest BCUT2D eigenvalue weighted by Crippen LogP contribution is 2.26. The number of fused-ring (bicyclic) bond motifs is 1. The molecule has 30 heavy (non-hydrogen) atoms. The van der Waals surface area contributed by atoms with Crippen LogP contribution in [0.15, 0.2) is 47.2 Å². The summed E-state index contributed by atoms with van der Waals surface area (Å²) in [6, 6.07) is 9.47. The largest absolute Gasteiger partial charge is 0.481 e. The second-order valence-electron chi connectivity index (χ2n) is 7.34. The summed E-state index contributed by atoms with van der Waals surface area (Å²) in [5.41, 5.74) is 4.07. The van der Waals surface area contributed by atoms with E-state index in [2.05, 4.69) is 21.5 Å². The number of nitrogens with zero attached hydrogens (tertiary/aromatic N) is 3. The van der Waals surface area contributed by atoms with Crippen LogP contribution >= 0.6 is 0 Å². The van der Waals surface area contributed by atoms with E-state index < -0.39 is 5.97 Å². The van der Waals surface area contributed by atoms with Gasteiger partial charge in [0.25, 0.3) is 5.88 Å². The molecule has 4 rings (SSSR count). The van der Waals surface area contributed by atoms with Crippen LogP contribution in [0.4, 0.5) is 5.69 Å². The first-order chi connectivity index (χ1) is 14.7. The zero-order valence-corrected chi connectivity index (χ0v) is 16.6. The van der Waals surface area contributed by atoms with Crippen molar-refractivity contribution in [2.75, 3.05) is 18.5 Å². The van der Waals surface area contributed by atoms with Crippen molar-refractivity contribution >= 4 is 11.7 Å². The van der Waals surface area contributed by atoms with Gasteiger partial charge < -0.3 is 19.7 Å². The maximum Gasteiger partial charge on any atom is 0.303 e.